The molecule has 4 nitrogen and oxygen atoms in total. The lowest BCUT2D eigenvalue weighted by Gasteiger charge is -2.08. The molecule has 0 heterocycles. The van der Waals surface area contributed by atoms with Gasteiger partial charge in [0.1, 0.15) is 0 Å². The van der Waals surface area contributed by atoms with Crippen molar-refractivity contribution >= 4 is 33.4 Å². The number of rotatable bonds is 4. The van der Waals surface area contributed by atoms with Crippen molar-refractivity contribution in [1.82, 2.24) is 5.32 Å². The fraction of sp³-hybridized carbons (Fsp3) is 0.385. The number of carbonyl (C=O) groups is 2. The van der Waals surface area contributed by atoms with Crippen molar-refractivity contribution in [2.24, 2.45) is 0 Å². The first-order valence-corrected chi connectivity index (χ1v) is 6.69. The molecule has 1 rings (SSSR count). The molecule has 0 unspecified atom stereocenters. The standard InChI is InChI=1S/C13H17BrN2O2/c1-3-4-7-15-12(17)13(18)16-11-6-5-10(14)8-9(11)2/h5-6,8H,3-4,7H2,1-2H3,(H,15,17)(H,16,18). The predicted molar refractivity (Wildman–Crippen MR) is 75.4 cm³/mol. The molecule has 0 radical (unpaired) electrons. The maximum absolute atomic E-state index is 11.6. The average Bonchev–Trinajstić information content (AvgIpc) is 2.32. The number of anilines is 1. The van der Waals surface area contributed by atoms with Crippen LogP contribution < -0.4 is 10.6 Å². The van der Waals surface area contributed by atoms with E-state index in [1.54, 1.807) is 6.07 Å². The van der Waals surface area contributed by atoms with Crippen LogP contribution in [0.2, 0.25) is 0 Å². The minimum absolute atomic E-state index is 0.530. The second-order valence-corrected chi connectivity index (χ2v) is 4.94. The second kappa shape index (κ2) is 7.16. The third kappa shape index (κ3) is 4.49. The van der Waals surface area contributed by atoms with Gasteiger partial charge in [-0.15, -0.1) is 0 Å². The fourth-order valence-electron chi connectivity index (χ4n) is 1.41. The van der Waals surface area contributed by atoms with Crippen LogP contribution in [0.3, 0.4) is 0 Å². The van der Waals surface area contributed by atoms with Crippen molar-refractivity contribution in [1.29, 1.82) is 0 Å². The molecule has 18 heavy (non-hydrogen) atoms. The number of amides is 2. The predicted octanol–water partition coefficient (Wildman–Crippen LogP) is 2.61. The number of hydrogen-bond acceptors (Lipinski definition) is 2. The zero-order chi connectivity index (χ0) is 13.5. The van der Waals surface area contributed by atoms with E-state index in [1.165, 1.54) is 0 Å². The molecule has 1 aromatic carbocycles. The van der Waals surface area contributed by atoms with Gasteiger partial charge in [0.15, 0.2) is 0 Å². The van der Waals surface area contributed by atoms with E-state index in [2.05, 4.69) is 26.6 Å². The van der Waals surface area contributed by atoms with E-state index in [0.29, 0.717) is 12.2 Å². The lowest BCUT2D eigenvalue weighted by Crippen LogP contribution is -2.36. The Bertz CT molecular complexity index is 447. The monoisotopic (exact) mass is 312 g/mol. The maximum Gasteiger partial charge on any atom is 0.313 e. The maximum atomic E-state index is 11.6. The number of carbonyl (C=O) groups excluding carboxylic acids is 2. The smallest absolute Gasteiger partial charge is 0.313 e. The summed E-state index contributed by atoms with van der Waals surface area (Å²) in [4.78, 5) is 23.1. The van der Waals surface area contributed by atoms with Crippen molar-refractivity contribution < 1.29 is 9.59 Å². The Hall–Kier alpha value is -1.36. The van der Waals surface area contributed by atoms with Gasteiger partial charge in [-0.3, -0.25) is 9.59 Å². The summed E-state index contributed by atoms with van der Waals surface area (Å²) in [6, 6.07) is 5.46. The molecule has 0 atom stereocenters. The highest BCUT2D eigenvalue weighted by molar-refractivity contribution is 9.10. The Balaban J connectivity index is 2.56. The van der Waals surface area contributed by atoms with Crippen molar-refractivity contribution in [2.75, 3.05) is 11.9 Å². The van der Waals surface area contributed by atoms with E-state index in [1.807, 2.05) is 26.0 Å². The SMILES string of the molecule is CCCCNC(=O)C(=O)Nc1ccc(Br)cc1C. The minimum atomic E-state index is -0.628. The fourth-order valence-corrected chi connectivity index (χ4v) is 1.88. The van der Waals surface area contributed by atoms with Crippen molar-refractivity contribution in [2.45, 2.75) is 26.7 Å². The molecule has 0 aliphatic rings. The molecule has 0 aromatic heterocycles. The minimum Gasteiger partial charge on any atom is -0.348 e. The van der Waals surface area contributed by atoms with Gasteiger partial charge in [0, 0.05) is 16.7 Å². The van der Waals surface area contributed by atoms with Crippen LogP contribution in [0.5, 0.6) is 0 Å². The van der Waals surface area contributed by atoms with Crippen LogP contribution in [0.25, 0.3) is 0 Å². The molecular weight excluding hydrogens is 296 g/mol. The van der Waals surface area contributed by atoms with Crippen LogP contribution in [0, 0.1) is 6.92 Å². The molecular formula is C13H17BrN2O2. The number of unbranched alkanes of at least 4 members (excludes halogenated alkanes) is 1. The van der Waals surface area contributed by atoms with Crippen molar-refractivity contribution in [3.63, 3.8) is 0 Å². The number of aryl methyl sites for hydroxylation is 1. The summed E-state index contributed by atoms with van der Waals surface area (Å²) in [7, 11) is 0. The number of hydrogen-bond donors (Lipinski definition) is 2. The summed E-state index contributed by atoms with van der Waals surface area (Å²) < 4.78 is 0.936. The van der Waals surface area contributed by atoms with Crippen LogP contribution in [0.15, 0.2) is 22.7 Å². The molecule has 1 aromatic rings. The van der Waals surface area contributed by atoms with Gasteiger partial charge < -0.3 is 10.6 Å². The number of halogens is 1. The van der Waals surface area contributed by atoms with Gasteiger partial charge in [-0.1, -0.05) is 29.3 Å². The molecule has 0 saturated carbocycles. The van der Waals surface area contributed by atoms with Crippen molar-refractivity contribution in [3.05, 3.63) is 28.2 Å². The zero-order valence-electron chi connectivity index (χ0n) is 10.5. The molecule has 0 saturated heterocycles. The van der Waals surface area contributed by atoms with Crippen LogP contribution in [0.4, 0.5) is 5.69 Å². The van der Waals surface area contributed by atoms with Crippen LogP contribution in [-0.2, 0) is 9.59 Å². The lowest BCUT2D eigenvalue weighted by atomic mass is 10.2. The Morgan fingerprint density at radius 3 is 2.61 bits per heavy atom. The summed E-state index contributed by atoms with van der Waals surface area (Å²) in [6.45, 7) is 4.43. The van der Waals surface area contributed by atoms with E-state index in [-0.39, 0.29) is 0 Å². The van der Waals surface area contributed by atoms with Gasteiger partial charge in [-0.05, 0) is 37.1 Å². The Kier molecular flexibility index (Phi) is 5.85. The Labute approximate surface area is 115 Å². The van der Waals surface area contributed by atoms with Gasteiger partial charge in [-0.2, -0.15) is 0 Å². The average molecular weight is 313 g/mol. The first-order valence-electron chi connectivity index (χ1n) is 5.90. The van der Waals surface area contributed by atoms with Gasteiger partial charge in [0.25, 0.3) is 0 Å². The normalized spacial score (nSPS) is 9.94. The highest BCUT2D eigenvalue weighted by Crippen LogP contribution is 2.19. The summed E-state index contributed by atoms with van der Waals surface area (Å²) in [5.41, 5.74) is 1.55. The van der Waals surface area contributed by atoms with Crippen molar-refractivity contribution in [3.8, 4) is 0 Å². The summed E-state index contributed by atoms with van der Waals surface area (Å²) >= 11 is 3.34. The summed E-state index contributed by atoms with van der Waals surface area (Å²) in [5.74, 6) is -1.22. The summed E-state index contributed by atoms with van der Waals surface area (Å²) in [6.07, 6.45) is 1.85. The van der Waals surface area contributed by atoms with Gasteiger partial charge in [-0.25, -0.2) is 0 Å². The molecule has 0 aliphatic carbocycles. The van der Waals surface area contributed by atoms with Gasteiger partial charge >= 0.3 is 11.8 Å². The molecule has 0 spiro atoms. The highest BCUT2D eigenvalue weighted by Gasteiger charge is 2.13. The molecule has 0 bridgehead atoms. The lowest BCUT2D eigenvalue weighted by molar-refractivity contribution is -0.136. The van der Waals surface area contributed by atoms with E-state index in [4.69, 9.17) is 0 Å². The number of benzene rings is 1. The third-order valence-electron chi connectivity index (χ3n) is 2.46. The molecule has 5 heteroatoms. The van der Waals surface area contributed by atoms with E-state index in [0.717, 1.165) is 22.9 Å². The number of nitrogens with one attached hydrogen (secondary N) is 2. The van der Waals surface area contributed by atoms with E-state index >= 15 is 0 Å². The molecule has 2 N–H and O–H groups in total. The highest BCUT2D eigenvalue weighted by atomic mass is 79.9. The Morgan fingerprint density at radius 1 is 1.28 bits per heavy atom. The second-order valence-electron chi connectivity index (χ2n) is 4.02. The topological polar surface area (TPSA) is 58.2 Å². The first-order chi connectivity index (χ1) is 8.54. The van der Waals surface area contributed by atoms with Crippen LogP contribution in [-0.4, -0.2) is 18.4 Å². The van der Waals surface area contributed by atoms with Crippen LogP contribution in [0.1, 0.15) is 25.3 Å². The van der Waals surface area contributed by atoms with E-state index in [9.17, 15) is 9.59 Å². The zero-order valence-corrected chi connectivity index (χ0v) is 12.1. The largest absolute Gasteiger partial charge is 0.348 e. The third-order valence-corrected chi connectivity index (χ3v) is 2.95. The molecule has 0 fully saturated rings. The van der Waals surface area contributed by atoms with E-state index < -0.39 is 11.8 Å². The quantitative estimate of drug-likeness (QED) is 0.663. The summed E-state index contributed by atoms with van der Waals surface area (Å²) in [5, 5.41) is 5.17. The van der Waals surface area contributed by atoms with Crippen LogP contribution >= 0.6 is 15.9 Å². The molecule has 2 amide bonds. The Morgan fingerprint density at radius 2 is 2.00 bits per heavy atom. The van der Waals surface area contributed by atoms with Gasteiger partial charge in [0.05, 0.1) is 0 Å². The molecule has 98 valence electrons. The molecule has 0 aliphatic heterocycles. The van der Waals surface area contributed by atoms with Gasteiger partial charge in [0.2, 0.25) is 0 Å². The first kappa shape index (κ1) is 14.7.